The predicted octanol–water partition coefficient (Wildman–Crippen LogP) is -1.27. The van der Waals surface area contributed by atoms with Gasteiger partial charge in [0, 0.05) is 19.4 Å². The molecule has 0 radical (unpaired) electrons. The molecule has 0 aliphatic heterocycles. The summed E-state index contributed by atoms with van der Waals surface area (Å²) >= 11 is 0. The van der Waals surface area contributed by atoms with Crippen LogP contribution in [0.2, 0.25) is 0 Å². The van der Waals surface area contributed by atoms with Crippen molar-refractivity contribution < 1.29 is 18.0 Å². The van der Waals surface area contributed by atoms with Crippen molar-refractivity contribution in [3.63, 3.8) is 0 Å². The molecule has 0 aromatic carbocycles. The Balaban J connectivity index is 3.31. The number of urea groups is 1. The first-order valence-electron chi connectivity index (χ1n) is 4.62. The van der Waals surface area contributed by atoms with E-state index in [1.807, 2.05) is 0 Å². The molecule has 1 heterocycles. The standard InChI is InChI=1S/C8H11N5O4S/c1-10-8(15)11-5-3-4(18(2,16)17)6(7(9)14)13-12-5/h3H,1-2H3,(H2,9,14)(H2,10,11,12,15). The van der Waals surface area contributed by atoms with Crippen LogP contribution < -0.4 is 16.4 Å². The Morgan fingerprint density at radius 1 is 1.33 bits per heavy atom. The van der Waals surface area contributed by atoms with Crippen molar-refractivity contribution in [2.24, 2.45) is 5.73 Å². The van der Waals surface area contributed by atoms with Gasteiger partial charge in [-0.25, -0.2) is 13.2 Å². The zero-order valence-corrected chi connectivity index (χ0v) is 10.4. The first kappa shape index (κ1) is 13.8. The normalized spacial score (nSPS) is 10.8. The number of rotatable bonds is 3. The molecular weight excluding hydrogens is 262 g/mol. The number of nitrogens with zero attached hydrogens (tertiary/aromatic N) is 2. The molecule has 0 unspecified atom stereocenters. The minimum atomic E-state index is -3.72. The van der Waals surface area contributed by atoms with Crippen LogP contribution in [0.15, 0.2) is 11.0 Å². The average Bonchev–Trinajstić information content (AvgIpc) is 2.27. The molecule has 0 fully saturated rings. The number of nitrogens with one attached hydrogen (secondary N) is 2. The number of amides is 3. The Bertz CT molecular complexity index is 598. The number of aromatic nitrogens is 2. The Morgan fingerprint density at radius 2 is 1.94 bits per heavy atom. The van der Waals surface area contributed by atoms with E-state index in [1.165, 1.54) is 7.05 Å². The van der Waals surface area contributed by atoms with Crippen LogP contribution in [0, 0.1) is 0 Å². The number of nitrogens with two attached hydrogens (primary N) is 1. The second kappa shape index (κ2) is 4.96. The minimum absolute atomic E-state index is 0.111. The molecule has 0 saturated carbocycles. The topological polar surface area (TPSA) is 144 Å². The summed E-state index contributed by atoms with van der Waals surface area (Å²) in [5, 5.41) is 11.3. The van der Waals surface area contributed by atoms with Crippen molar-refractivity contribution in [1.82, 2.24) is 15.5 Å². The molecule has 0 aliphatic rings. The summed E-state index contributed by atoms with van der Waals surface area (Å²) in [5.74, 6) is -1.13. The van der Waals surface area contributed by atoms with Crippen molar-refractivity contribution >= 4 is 27.6 Å². The van der Waals surface area contributed by atoms with Crippen LogP contribution in [0.3, 0.4) is 0 Å². The Hall–Kier alpha value is -2.23. The second-order valence-electron chi connectivity index (χ2n) is 3.28. The zero-order valence-electron chi connectivity index (χ0n) is 9.59. The van der Waals surface area contributed by atoms with Crippen LogP contribution in [0.4, 0.5) is 10.6 Å². The molecule has 1 rings (SSSR count). The van der Waals surface area contributed by atoms with E-state index < -0.39 is 32.4 Å². The van der Waals surface area contributed by atoms with E-state index in [4.69, 9.17) is 5.73 Å². The summed E-state index contributed by atoms with van der Waals surface area (Å²) in [7, 11) is -2.35. The lowest BCUT2D eigenvalue weighted by molar-refractivity contribution is 0.0991. The quantitative estimate of drug-likeness (QED) is 0.626. The number of anilines is 1. The molecule has 4 N–H and O–H groups in total. The number of carbonyl (C=O) groups excluding carboxylic acids is 2. The van der Waals surface area contributed by atoms with Gasteiger partial charge in [0.25, 0.3) is 5.91 Å². The molecule has 3 amide bonds. The Labute approximate surface area is 103 Å². The fraction of sp³-hybridized carbons (Fsp3) is 0.250. The molecule has 98 valence electrons. The largest absolute Gasteiger partial charge is 0.364 e. The fourth-order valence-corrected chi connectivity index (χ4v) is 1.89. The SMILES string of the molecule is CNC(=O)Nc1cc(S(C)(=O)=O)c(C(N)=O)nn1. The molecule has 0 atom stereocenters. The van der Waals surface area contributed by atoms with E-state index in [0.29, 0.717) is 0 Å². The number of carbonyl (C=O) groups is 2. The molecular formula is C8H11N5O4S. The monoisotopic (exact) mass is 273 g/mol. The molecule has 0 saturated heterocycles. The summed E-state index contributed by atoms with van der Waals surface area (Å²) in [6.45, 7) is 0. The maximum absolute atomic E-state index is 11.5. The number of hydrogen-bond donors (Lipinski definition) is 3. The lowest BCUT2D eigenvalue weighted by Gasteiger charge is -2.06. The molecule has 0 spiro atoms. The summed E-state index contributed by atoms with van der Waals surface area (Å²) < 4.78 is 22.9. The summed E-state index contributed by atoms with van der Waals surface area (Å²) in [6.07, 6.45) is 0.889. The van der Waals surface area contributed by atoms with Gasteiger partial charge < -0.3 is 11.1 Å². The van der Waals surface area contributed by atoms with Crippen LogP contribution in [0.5, 0.6) is 0 Å². The van der Waals surface area contributed by atoms with Gasteiger partial charge in [-0.2, -0.15) is 0 Å². The third-order valence-electron chi connectivity index (χ3n) is 1.86. The highest BCUT2D eigenvalue weighted by atomic mass is 32.2. The van der Waals surface area contributed by atoms with Gasteiger partial charge in [-0.1, -0.05) is 0 Å². The number of primary amides is 1. The van der Waals surface area contributed by atoms with Gasteiger partial charge in [-0.05, 0) is 0 Å². The van der Waals surface area contributed by atoms with E-state index in [-0.39, 0.29) is 5.82 Å². The van der Waals surface area contributed by atoms with E-state index in [2.05, 4.69) is 20.8 Å². The van der Waals surface area contributed by atoms with Crippen molar-refractivity contribution in [2.45, 2.75) is 4.90 Å². The lowest BCUT2D eigenvalue weighted by Crippen LogP contribution is -2.26. The maximum atomic E-state index is 11.5. The lowest BCUT2D eigenvalue weighted by atomic mass is 10.3. The zero-order chi connectivity index (χ0) is 13.9. The van der Waals surface area contributed by atoms with Crippen LogP contribution in [-0.2, 0) is 9.84 Å². The maximum Gasteiger partial charge on any atom is 0.320 e. The van der Waals surface area contributed by atoms with Crippen LogP contribution in [0.25, 0.3) is 0 Å². The smallest absolute Gasteiger partial charge is 0.320 e. The summed E-state index contributed by atoms with van der Waals surface area (Å²) in [5.41, 5.74) is 4.51. The van der Waals surface area contributed by atoms with E-state index >= 15 is 0 Å². The van der Waals surface area contributed by atoms with Crippen molar-refractivity contribution in [2.75, 3.05) is 18.6 Å². The predicted molar refractivity (Wildman–Crippen MR) is 61.7 cm³/mol. The minimum Gasteiger partial charge on any atom is -0.364 e. The van der Waals surface area contributed by atoms with Crippen molar-refractivity contribution in [3.8, 4) is 0 Å². The highest BCUT2D eigenvalue weighted by Gasteiger charge is 2.20. The Kier molecular flexibility index (Phi) is 3.81. The third kappa shape index (κ3) is 3.13. The van der Waals surface area contributed by atoms with Crippen molar-refractivity contribution in [3.05, 3.63) is 11.8 Å². The number of sulfone groups is 1. The van der Waals surface area contributed by atoms with Crippen LogP contribution in [-0.4, -0.2) is 43.9 Å². The van der Waals surface area contributed by atoms with Gasteiger partial charge >= 0.3 is 6.03 Å². The molecule has 1 aromatic rings. The van der Waals surface area contributed by atoms with E-state index in [0.717, 1.165) is 12.3 Å². The van der Waals surface area contributed by atoms with E-state index in [1.54, 1.807) is 0 Å². The fourth-order valence-electron chi connectivity index (χ4n) is 1.07. The average molecular weight is 273 g/mol. The Morgan fingerprint density at radius 3 is 2.39 bits per heavy atom. The van der Waals surface area contributed by atoms with E-state index in [9.17, 15) is 18.0 Å². The summed E-state index contributed by atoms with van der Waals surface area (Å²) in [4.78, 5) is 21.7. The second-order valence-corrected chi connectivity index (χ2v) is 5.27. The first-order chi connectivity index (χ1) is 8.25. The van der Waals surface area contributed by atoms with Crippen LogP contribution >= 0.6 is 0 Å². The molecule has 0 bridgehead atoms. The van der Waals surface area contributed by atoms with Gasteiger partial charge in [-0.3, -0.25) is 10.1 Å². The van der Waals surface area contributed by atoms with Gasteiger partial charge in [0.15, 0.2) is 21.3 Å². The third-order valence-corrected chi connectivity index (χ3v) is 2.97. The molecule has 0 aliphatic carbocycles. The molecule has 9 nitrogen and oxygen atoms in total. The van der Waals surface area contributed by atoms with Crippen molar-refractivity contribution in [1.29, 1.82) is 0 Å². The van der Waals surface area contributed by atoms with Gasteiger partial charge in [0.05, 0.1) is 0 Å². The molecule has 1 aromatic heterocycles. The van der Waals surface area contributed by atoms with Gasteiger partial charge in [0.1, 0.15) is 4.90 Å². The molecule has 10 heteroatoms. The summed E-state index contributed by atoms with van der Waals surface area (Å²) in [6, 6.07) is 0.410. The van der Waals surface area contributed by atoms with Crippen LogP contribution in [0.1, 0.15) is 10.5 Å². The van der Waals surface area contributed by atoms with Gasteiger partial charge in [-0.15, -0.1) is 10.2 Å². The highest BCUT2D eigenvalue weighted by molar-refractivity contribution is 7.90. The molecule has 18 heavy (non-hydrogen) atoms. The van der Waals surface area contributed by atoms with Gasteiger partial charge in [0.2, 0.25) is 0 Å². The first-order valence-corrected chi connectivity index (χ1v) is 6.51. The highest BCUT2D eigenvalue weighted by Crippen LogP contribution is 2.15. The number of hydrogen-bond acceptors (Lipinski definition) is 6.